The van der Waals surface area contributed by atoms with Crippen molar-refractivity contribution < 1.29 is 4.79 Å². The van der Waals surface area contributed by atoms with Crippen molar-refractivity contribution in [3.05, 3.63) is 0 Å². The molecule has 0 bridgehead atoms. The van der Waals surface area contributed by atoms with Gasteiger partial charge in [0.05, 0.1) is 0 Å². The molecule has 0 atom stereocenters. The Labute approximate surface area is 106 Å². The van der Waals surface area contributed by atoms with Crippen LogP contribution in [0.5, 0.6) is 0 Å². The van der Waals surface area contributed by atoms with Crippen molar-refractivity contribution in [3.8, 4) is 0 Å². The molecular formula is C15H29NO. The molecule has 1 rings (SSSR count). The van der Waals surface area contributed by atoms with E-state index in [-0.39, 0.29) is 5.41 Å². The molecule has 2 heteroatoms. The number of nitrogens with two attached hydrogens (primary N) is 1. The van der Waals surface area contributed by atoms with Gasteiger partial charge in [-0.05, 0) is 37.6 Å². The number of carbonyl (C=O) groups is 1. The molecule has 0 radical (unpaired) electrons. The first kappa shape index (κ1) is 14.7. The van der Waals surface area contributed by atoms with E-state index < -0.39 is 0 Å². The molecule has 100 valence electrons. The van der Waals surface area contributed by atoms with Gasteiger partial charge in [-0.2, -0.15) is 0 Å². The average Bonchev–Trinajstić information content (AvgIpc) is 2.54. The zero-order valence-electron chi connectivity index (χ0n) is 11.6. The smallest absolute Gasteiger partial charge is 0.135 e. The second-order valence-corrected chi connectivity index (χ2v) is 6.36. The number of hydrogen-bond donors (Lipinski definition) is 1. The van der Waals surface area contributed by atoms with E-state index in [4.69, 9.17) is 5.73 Å². The molecule has 0 saturated heterocycles. The lowest BCUT2D eigenvalue weighted by Gasteiger charge is -2.24. The number of carbonyl (C=O) groups excluding carboxylic acids is 1. The Kier molecular flexibility index (Phi) is 6.18. The van der Waals surface area contributed by atoms with Crippen LogP contribution in [0, 0.1) is 11.3 Å². The van der Waals surface area contributed by atoms with Crippen molar-refractivity contribution in [1.82, 2.24) is 0 Å². The van der Waals surface area contributed by atoms with Crippen LogP contribution in [0.25, 0.3) is 0 Å². The molecule has 1 fully saturated rings. The summed E-state index contributed by atoms with van der Waals surface area (Å²) < 4.78 is 0. The second kappa shape index (κ2) is 7.15. The maximum Gasteiger partial charge on any atom is 0.135 e. The van der Waals surface area contributed by atoms with Gasteiger partial charge in [-0.15, -0.1) is 0 Å². The fourth-order valence-electron chi connectivity index (χ4n) is 2.78. The lowest BCUT2D eigenvalue weighted by atomic mass is 9.81. The van der Waals surface area contributed by atoms with Crippen molar-refractivity contribution in [2.24, 2.45) is 17.1 Å². The van der Waals surface area contributed by atoms with Crippen LogP contribution >= 0.6 is 0 Å². The van der Waals surface area contributed by atoms with Crippen LogP contribution in [0.2, 0.25) is 0 Å². The van der Waals surface area contributed by atoms with E-state index in [1.54, 1.807) is 0 Å². The normalized spacial score (nSPS) is 19.0. The molecule has 1 aliphatic carbocycles. The summed E-state index contributed by atoms with van der Waals surface area (Å²) in [6.07, 6.45) is 10.2. The van der Waals surface area contributed by atoms with Crippen molar-refractivity contribution >= 4 is 5.78 Å². The van der Waals surface area contributed by atoms with Crippen molar-refractivity contribution in [2.45, 2.75) is 71.6 Å². The highest BCUT2D eigenvalue weighted by Crippen LogP contribution is 2.29. The third-order valence-corrected chi connectivity index (χ3v) is 4.18. The summed E-state index contributed by atoms with van der Waals surface area (Å²) in [7, 11) is 0. The summed E-state index contributed by atoms with van der Waals surface area (Å²) in [5.74, 6) is 0.878. The molecule has 1 saturated carbocycles. The van der Waals surface area contributed by atoms with Gasteiger partial charge in [-0.25, -0.2) is 0 Å². The minimum absolute atomic E-state index is 0.231. The van der Waals surface area contributed by atoms with Gasteiger partial charge in [-0.3, -0.25) is 4.79 Å². The molecule has 0 heterocycles. The van der Waals surface area contributed by atoms with Crippen LogP contribution in [-0.2, 0) is 4.79 Å². The Morgan fingerprint density at radius 1 is 1.12 bits per heavy atom. The minimum atomic E-state index is 0.231. The maximum absolute atomic E-state index is 12.2. The molecule has 0 aromatic heterocycles. The molecular weight excluding hydrogens is 210 g/mol. The van der Waals surface area contributed by atoms with Gasteiger partial charge in [0.25, 0.3) is 0 Å². The lowest BCUT2D eigenvalue weighted by Crippen LogP contribution is -2.21. The first-order valence-electron chi connectivity index (χ1n) is 7.28. The predicted molar refractivity (Wildman–Crippen MR) is 72.9 cm³/mol. The fourth-order valence-corrected chi connectivity index (χ4v) is 2.78. The highest BCUT2D eigenvalue weighted by atomic mass is 16.1. The Hall–Kier alpha value is -0.370. The lowest BCUT2D eigenvalue weighted by molar-refractivity contribution is -0.123. The number of Topliss-reactive ketones (excluding diaryl/α,β-unsaturated/α-hetero) is 1. The Morgan fingerprint density at radius 2 is 1.71 bits per heavy atom. The molecule has 0 aromatic carbocycles. The van der Waals surface area contributed by atoms with E-state index in [2.05, 4.69) is 13.8 Å². The molecule has 1 aliphatic rings. The zero-order chi connectivity index (χ0) is 12.7. The molecule has 0 spiro atoms. The molecule has 2 nitrogen and oxygen atoms in total. The third-order valence-electron chi connectivity index (χ3n) is 4.18. The van der Waals surface area contributed by atoms with E-state index in [1.165, 1.54) is 25.7 Å². The summed E-state index contributed by atoms with van der Waals surface area (Å²) in [5, 5.41) is 0. The topological polar surface area (TPSA) is 43.1 Å². The first-order valence-corrected chi connectivity index (χ1v) is 7.28. The summed E-state index contributed by atoms with van der Waals surface area (Å²) >= 11 is 0. The van der Waals surface area contributed by atoms with Crippen LogP contribution in [0.15, 0.2) is 0 Å². The summed E-state index contributed by atoms with van der Waals surface area (Å²) in [5.41, 5.74) is 5.83. The molecule has 17 heavy (non-hydrogen) atoms. The zero-order valence-corrected chi connectivity index (χ0v) is 11.6. The standard InChI is InChI=1S/C15H29NO/c1-15(2,11-12-16)10-9-14(17)13-7-5-3-4-6-8-13/h13H,3-12,16H2,1-2H3. The van der Waals surface area contributed by atoms with Gasteiger partial charge in [0.1, 0.15) is 5.78 Å². The van der Waals surface area contributed by atoms with E-state index in [9.17, 15) is 4.79 Å². The number of rotatable bonds is 6. The Morgan fingerprint density at radius 3 is 2.24 bits per heavy atom. The van der Waals surface area contributed by atoms with Crippen LogP contribution in [0.1, 0.15) is 71.6 Å². The molecule has 0 aliphatic heterocycles. The van der Waals surface area contributed by atoms with Gasteiger partial charge in [0, 0.05) is 12.3 Å². The summed E-state index contributed by atoms with van der Waals surface area (Å²) in [4.78, 5) is 12.2. The van der Waals surface area contributed by atoms with Crippen molar-refractivity contribution in [2.75, 3.05) is 6.54 Å². The SMILES string of the molecule is CC(C)(CCN)CCC(=O)C1CCCCCC1. The molecule has 2 N–H and O–H groups in total. The van der Waals surface area contributed by atoms with E-state index in [1.807, 2.05) is 0 Å². The third kappa shape index (κ3) is 5.67. The molecule has 0 aromatic rings. The second-order valence-electron chi connectivity index (χ2n) is 6.36. The first-order chi connectivity index (χ1) is 8.05. The van der Waals surface area contributed by atoms with E-state index >= 15 is 0 Å². The van der Waals surface area contributed by atoms with Crippen LogP contribution in [0.3, 0.4) is 0 Å². The van der Waals surface area contributed by atoms with Gasteiger partial charge < -0.3 is 5.73 Å². The predicted octanol–water partition coefficient (Wildman–Crippen LogP) is 3.68. The Bertz CT molecular complexity index is 227. The van der Waals surface area contributed by atoms with Crippen molar-refractivity contribution in [3.63, 3.8) is 0 Å². The highest BCUT2D eigenvalue weighted by Gasteiger charge is 2.23. The summed E-state index contributed by atoms with van der Waals surface area (Å²) in [6.45, 7) is 5.17. The molecule has 0 amide bonds. The van der Waals surface area contributed by atoms with Gasteiger partial charge in [0.15, 0.2) is 0 Å². The van der Waals surface area contributed by atoms with Crippen LogP contribution in [-0.4, -0.2) is 12.3 Å². The summed E-state index contributed by atoms with van der Waals surface area (Å²) in [6, 6.07) is 0. The maximum atomic E-state index is 12.2. The Balaban J connectivity index is 2.32. The monoisotopic (exact) mass is 239 g/mol. The largest absolute Gasteiger partial charge is 0.330 e. The number of hydrogen-bond acceptors (Lipinski definition) is 2. The van der Waals surface area contributed by atoms with E-state index in [0.29, 0.717) is 11.7 Å². The number of ketones is 1. The van der Waals surface area contributed by atoms with Crippen LogP contribution in [0.4, 0.5) is 0 Å². The van der Waals surface area contributed by atoms with Crippen molar-refractivity contribution in [1.29, 1.82) is 0 Å². The van der Waals surface area contributed by atoms with Gasteiger partial charge in [0.2, 0.25) is 0 Å². The molecule has 0 unspecified atom stereocenters. The van der Waals surface area contributed by atoms with Gasteiger partial charge >= 0.3 is 0 Å². The van der Waals surface area contributed by atoms with E-state index in [0.717, 1.165) is 38.6 Å². The average molecular weight is 239 g/mol. The van der Waals surface area contributed by atoms with Crippen LogP contribution < -0.4 is 5.73 Å². The van der Waals surface area contributed by atoms with Gasteiger partial charge in [-0.1, -0.05) is 39.5 Å². The minimum Gasteiger partial charge on any atom is -0.330 e. The highest BCUT2D eigenvalue weighted by molar-refractivity contribution is 5.81. The fraction of sp³-hybridized carbons (Fsp3) is 0.933. The quantitative estimate of drug-likeness (QED) is 0.718.